The van der Waals surface area contributed by atoms with Crippen molar-refractivity contribution in [2.75, 3.05) is 25.5 Å². The quantitative estimate of drug-likeness (QED) is 0.599. The van der Waals surface area contributed by atoms with Gasteiger partial charge in [0.25, 0.3) is 5.91 Å². The molecule has 8 heteroatoms. The van der Waals surface area contributed by atoms with Crippen molar-refractivity contribution in [1.82, 2.24) is 10.2 Å². The summed E-state index contributed by atoms with van der Waals surface area (Å²) in [6.45, 7) is 10.9. The van der Waals surface area contributed by atoms with Gasteiger partial charge in [0.1, 0.15) is 23.9 Å². The van der Waals surface area contributed by atoms with Gasteiger partial charge in [-0.25, -0.2) is 4.79 Å². The van der Waals surface area contributed by atoms with Gasteiger partial charge in [-0.05, 0) is 82.5 Å². The number of alkyl carbamates (subject to hydrolysis) is 1. The topological polar surface area (TPSA) is 97.0 Å². The standard InChI is InChI=1S/C26H35N3O5/c1-8-29(22(30)16-27-25(32)34-26(4,5)6)23(21-11-9-10-17(2)18(21)3)24(31)28-19-12-14-20(33-7)15-13-19/h9-15,23H,8,16H2,1-7H3,(H,27,32)(H,28,31). The molecule has 0 radical (unpaired) electrons. The molecule has 0 aliphatic heterocycles. The van der Waals surface area contributed by atoms with Crippen molar-refractivity contribution in [3.8, 4) is 5.75 Å². The first-order valence-electron chi connectivity index (χ1n) is 11.2. The zero-order valence-corrected chi connectivity index (χ0v) is 21.0. The summed E-state index contributed by atoms with van der Waals surface area (Å²) in [6, 6.07) is 11.7. The van der Waals surface area contributed by atoms with Crippen LogP contribution in [-0.2, 0) is 14.3 Å². The fourth-order valence-corrected chi connectivity index (χ4v) is 3.47. The van der Waals surface area contributed by atoms with E-state index in [1.165, 1.54) is 4.90 Å². The van der Waals surface area contributed by atoms with Crippen LogP contribution < -0.4 is 15.4 Å². The van der Waals surface area contributed by atoms with Crippen molar-refractivity contribution in [2.24, 2.45) is 0 Å². The summed E-state index contributed by atoms with van der Waals surface area (Å²) >= 11 is 0. The molecule has 1 unspecified atom stereocenters. The predicted octanol–water partition coefficient (Wildman–Crippen LogP) is 4.37. The van der Waals surface area contributed by atoms with Gasteiger partial charge >= 0.3 is 6.09 Å². The van der Waals surface area contributed by atoms with Crippen LogP contribution in [0.4, 0.5) is 10.5 Å². The molecule has 0 bridgehead atoms. The Morgan fingerprint density at radius 1 is 1.03 bits per heavy atom. The highest BCUT2D eigenvalue weighted by molar-refractivity contribution is 5.98. The highest BCUT2D eigenvalue weighted by atomic mass is 16.6. The lowest BCUT2D eigenvalue weighted by molar-refractivity contribution is -0.138. The highest BCUT2D eigenvalue weighted by Gasteiger charge is 2.32. The molecule has 0 fully saturated rings. The Morgan fingerprint density at radius 3 is 2.24 bits per heavy atom. The summed E-state index contributed by atoms with van der Waals surface area (Å²) in [5.74, 6) is -0.0851. The summed E-state index contributed by atoms with van der Waals surface area (Å²) in [4.78, 5) is 40.2. The van der Waals surface area contributed by atoms with E-state index in [4.69, 9.17) is 9.47 Å². The second-order valence-corrected chi connectivity index (χ2v) is 8.94. The van der Waals surface area contributed by atoms with Crippen molar-refractivity contribution in [3.05, 3.63) is 59.2 Å². The van der Waals surface area contributed by atoms with Crippen molar-refractivity contribution in [2.45, 2.75) is 53.2 Å². The zero-order valence-electron chi connectivity index (χ0n) is 21.0. The molecule has 34 heavy (non-hydrogen) atoms. The number of nitrogens with one attached hydrogen (secondary N) is 2. The number of carbonyl (C=O) groups is 3. The zero-order chi connectivity index (χ0) is 25.5. The smallest absolute Gasteiger partial charge is 0.408 e. The van der Waals surface area contributed by atoms with Crippen molar-refractivity contribution in [1.29, 1.82) is 0 Å². The average Bonchev–Trinajstić information content (AvgIpc) is 2.77. The lowest BCUT2D eigenvalue weighted by atomic mass is 9.95. The van der Waals surface area contributed by atoms with Crippen molar-refractivity contribution in [3.63, 3.8) is 0 Å². The number of benzene rings is 2. The van der Waals surface area contributed by atoms with Gasteiger partial charge in [0.2, 0.25) is 5.91 Å². The van der Waals surface area contributed by atoms with E-state index in [1.807, 2.05) is 32.0 Å². The van der Waals surface area contributed by atoms with Crippen LogP contribution in [0.1, 0.15) is 50.4 Å². The number of likely N-dealkylation sites (N-methyl/N-ethyl adjacent to an activating group) is 1. The van der Waals surface area contributed by atoms with E-state index in [1.54, 1.807) is 59.1 Å². The molecule has 2 N–H and O–H groups in total. The first-order chi connectivity index (χ1) is 16.0. The Balaban J connectivity index is 2.32. The fraction of sp³-hybridized carbons (Fsp3) is 0.423. The second kappa shape index (κ2) is 11.5. The predicted molar refractivity (Wildman–Crippen MR) is 132 cm³/mol. The van der Waals surface area contributed by atoms with E-state index in [2.05, 4.69) is 10.6 Å². The molecule has 2 aromatic carbocycles. The lowest BCUT2D eigenvalue weighted by Gasteiger charge is -2.32. The lowest BCUT2D eigenvalue weighted by Crippen LogP contribution is -2.46. The normalized spacial score (nSPS) is 11.9. The number of nitrogens with zero attached hydrogens (tertiary/aromatic N) is 1. The van der Waals surface area contributed by atoms with Crippen LogP contribution in [0.3, 0.4) is 0 Å². The number of anilines is 1. The minimum Gasteiger partial charge on any atom is -0.497 e. The van der Waals surface area contributed by atoms with Crippen LogP contribution >= 0.6 is 0 Å². The molecule has 0 aliphatic rings. The maximum Gasteiger partial charge on any atom is 0.408 e. The van der Waals surface area contributed by atoms with Gasteiger partial charge in [-0.1, -0.05) is 18.2 Å². The van der Waals surface area contributed by atoms with E-state index < -0.39 is 23.6 Å². The van der Waals surface area contributed by atoms with Crippen LogP contribution in [0.5, 0.6) is 5.75 Å². The van der Waals surface area contributed by atoms with E-state index in [0.717, 1.165) is 16.7 Å². The van der Waals surface area contributed by atoms with Gasteiger partial charge in [-0.2, -0.15) is 0 Å². The molecular formula is C26H35N3O5. The first kappa shape index (κ1) is 26.7. The van der Waals surface area contributed by atoms with E-state index in [-0.39, 0.29) is 19.0 Å². The molecule has 0 aliphatic carbocycles. The molecule has 0 heterocycles. The fourth-order valence-electron chi connectivity index (χ4n) is 3.47. The summed E-state index contributed by atoms with van der Waals surface area (Å²) in [5.41, 5.74) is 2.55. The number of aryl methyl sites for hydroxylation is 1. The summed E-state index contributed by atoms with van der Waals surface area (Å²) in [5, 5.41) is 5.39. The molecule has 8 nitrogen and oxygen atoms in total. The van der Waals surface area contributed by atoms with Gasteiger partial charge in [0.05, 0.1) is 7.11 Å². The molecule has 2 rings (SSSR count). The SMILES string of the molecule is CCN(C(=O)CNC(=O)OC(C)(C)C)C(C(=O)Nc1ccc(OC)cc1)c1cccc(C)c1C. The van der Waals surface area contributed by atoms with Crippen LogP contribution in [-0.4, -0.2) is 48.6 Å². The van der Waals surface area contributed by atoms with Crippen LogP contribution in [0, 0.1) is 13.8 Å². The second-order valence-electron chi connectivity index (χ2n) is 8.94. The molecular weight excluding hydrogens is 434 g/mol. The Kier molecular flexibility index (Phi) is 9.06. The minimum absolute atomic E-state index is 0.267. The van der Waals surface area contributed by atoms with Gasteiger partial charge < -0.3 is 25.0 Å². The van der Waals surface area contributed by atoms with Crippen LogP contribution in [0.2, 0.25) is 0 Å². The Bertz CT molecular complexity index is 1010. The molecule has 3 amide bonds. The third-order valence-electron chi connectivity index (χ3n) is 5.30. The Hall–Kier alpha value is -3.55. The van der Waals surface area contributed by atoms with E-state index in [0.29, 0.717) is 11.4 Å². The van der Waals surface area contributed by atoms with Crippen molar-refractivity contribution < 1.29 is 23.9 Å². The molecule has 1 atom stereocenters. The van der Waals surface area contributed by atoms with E-state index in [9.17, 15) is 14.4 Å². The number of rotatable bonds is 8. The van der Waals surface area contributed by atoms with Crippen LogP contribution in [0.25, 0.3) is 0 Å². The number of methoxy groups -OCH3 is 1. The Morgan fingerprint density at radius 2 is 1.68 bits per heavy atom. The van der Waals surface area contributed by atoms with Crippen LogP contribution in [0.15, 0.2) is 42.5 Å². The van der Waals surface area contributed by atoms with Gasteiger partial charge in [-0.3, -0.25) is 9.59 Å². The third-order valence-corrected chi connectivity index (χ3v) is 5.30. The highest BCUT2D eigenvalue weighted by Crippen LogP contribution is 2.28. The molecule has 2 aromatic rings. The number of amides is 3. The summed E-state index contributed by atoms with van der Waals surface area (Å²) in [7, 11) is 1.57. The molecule has 0 spiro atoms. The van der Waals surface area contributed by atoms with E-state index >= 15 is 0 Å². The number of hydrogen-bond donors (Lipinski definition) is 2. The minimum atomic E-state index is -0.889. The maximum atomic E-state index is 13.5. The summed E-state index contributed by atoms with van der Waals surface area (Å²) < 4.78 is 10.4. The number of hydrogen-bond acceptors (Lipinski definition) is 5. The maximum absolute atomic E-state index is 13.5. The van der Waals surface area contributed by atoms with Gasteiger partial charge in [-0.15, -0.1) is 0 Å². The number of ether oxygens (including phenoxy) is 2. The largest absolute Gasteiger partial charge is 0.497 e. The average molecular weight is 470 g/mol. The van der Waals surface area contributed by atoms with Gasteiger partial charge in [0.15, 0.2) is 0 Å². The van der Waals surface area contributed by atoms with Gasteiger partial charge in [0, 0.05) is 12.2 Å². The summed E-state index contributed by atoms with van der Waals surface area (Å²) in [6.07, 6.45) is -0.692. The molecule has 0 saturated heterocycles. The monoisotopic (exact) mass is 469 g/mol. The third kappa shape index (κ3) is 7.23. The molecule has 0 aromatic heterocycles. The Labute approximate surface area is 201 Å². The first-order valence-corrected chi connectivity index (χ1v) is 11.2. The number of carbonyl (C=O) groups excluding carboxylic acids is 3. The molecule has 184 valence electrons. The molecule has 0 saturated carbocycles. The van der Waals surface area contributed by atoms with Crippen molar-refractivity contribution >= 4 is 23.6 Å².